The maximum Gasteiger partial charge on any atom is 0.106 e. The van der Waals surface area contributed by atoms with Crippen LogP contribution in [-0.4, -0.2) is 50.1 Å². The van der Waals surface area contributed by atoms with E-state index in [2.05, 4.69) is 27.0 Å². The van der Waals surface area contributed by atoms with Gasteiger partial charge in [-0.3, -0.25) is 4.90 Å². The zero-order valence-corrected chi connectivity index (χ0v) is 10.8. The van der Waals surface area contributed by atoms with Crippen molar-refractivity contribution < 1.29 is 4.84 Å². The maximum absolute atomic E-state index is 9.12. The second kappa shape index (κ2) is 8.69. The molecular weight excluding hydrogens is 232 g/mol. The molecule has 7 nitrogen and oxygen atoms in total. The van der Waals surface area contributed by atoms with E-state index >= 15 is 0 Å². The van der Waals surface area contributed by atoms with Crippen LogP contribution in [0.15, 0.2) is 5.10 Å². The molecule has 1 aliphatic rings. The molecule has 0 amide bonds. The van der Waals surface area contributed by atoms with Crippen LogP contribution in [0.3, 0.4) is 0 Å². The number of hydroxylamine groups is 1. The second-order valence-corrected chi connectivity index (χ2v) is 4.28. The highest BCUT2D eigenvalue weighted by Gasteiger charge is 2.27. The van der Waals surface area contributed by atoms with E-state index in [1.807, 2.05) is 0 Å². The fraction of sp³-hybridized carbons (Fsp3) is 0.818. The Balaban J connectivity index is 2.31. The molecule has 2 unspecified atom stereocenters. The highest BCUT2D eigenvalue weighted by Crippen LogP contribution is 2.17. The van der Waals surface area contributed by atoms with Crippen LogP contribution in [0.4, 0.5) is 0 Å². The number of nitrogens with two attached hydrogens (primary N) is 1. The first-order valence-corrected chi connectivity index (χ1v) is 6.20. The number of hydrazone groups is 1. The van der Waals surface area contributed by atoms with Gasteiger partial charge in [-0.1, -0.05) is 0 Å². The lowest BCUT2D eigenvalue weighted by Crippen LogP contribution is -2.50. The number of nitrogens with zero attached hydrogens (tertiary/aromatic N) is 3. The number of hydrogen-bond donors (Lipinski definition) is 3. The van der Waals surface area contributed by atoms with Crippen molar-refractivity contribution in [1.82, 2.24) is 15.8 Å². The summed E-state index contributed by atoms with van der Waals surface area (Å²) in [6.07, 6.45) is 4.01. The summed E-state index contributed by atoms with van der Waals surface area (Å²) in [4.78, 5) is 7.14. The second-order valence-electron chi connectivity index (χ2n) is 4.28. The Kier molecular flexibility index (Phi) is 7.10. The molecule has 18 heavy (non-hydrogen) atoms. The normalized spacial score (nSPS) is 25.1. The molecular formula is C11H22N6O. The first-order valence-electron chi connectivity index (χ1n) is 6.20. The minimum absolute atomic E-state index is 0.0120. The summed E-state index contributed by atoms with van der Waals surface area (Å²) in [5, 5.41) is 12.8. The van der Waals surface area contributed by atoms with E-state index in [1.54, 1.807) is 7.11 Å². The average Bonchev–Trinajstić information content (AvgIpc) is 2.39. The van der Waals surface area contributed by atoms with Gasteiger partial charge in [-0.05, 0) is 19.3 Å². The van der Waals surface area contributed by atoms with Gasteiger partial charge in [0, 0.05) is 25.7 Å². The summed E-state index contributed by atoms with van der Waals surface area (Å²) >= 11 is 0. The van der Waals surface area contributed by atoms with Crippen molar-refractivity contribution in [2.75, 3.05) is 26.7 Å². The number of hydrogen-bond acceptors (Lipinski definition) is 6. The Morgan fingerprint density at radius 1 is 1.61 bits per heavy atom. The number of piperidine rings is 1. The molecule has 0 aliphatic carbocycles. The molecule has 102 valence electrons. The van der Waals surface area contributed by atoms with E-state index < -0.39 is 0 Å². The summed E-state index contributed by atoms with van der Waals surface area (Å²) in [5.41, 5.74) is 10.9. The van der Waals surface area contributed by atoms with Gasteiger partial charge in [0.1, 0.15) is 6.34 Å². The maximum atomic E-state index is 9.12. The van der Waals surface area contributed by atoms with Crippen LogP contribution in [0.1, 0.15) is 19.3 Å². The van der Waals surface area contributed by atoms with Gasteiger partial charge in [-0.25, -0.2) is 0 Å². The van der Waals surface area contributed by atoms with Gasteiger partial charge in [-0.15, -0.1) is 0 Å². The third-order valence-corrected chi connectivity index (χ3v) is 3.02. The van der Waals surface area contributed by atoms with Gasteiger partial charge in [0.2, 0.25) is 0 Å². The molecule has 1 rings (SSSR count). The molecule has 2 atom stereocenters. The van der Waals surface area contributed by atoms with Gasteiger partial charge in [0.15, 0.2) is 0 Å². The Labute approximate surface area is 108 Å². The number of likely N-dealkylation sites (tertiary alicyclic amines) is 1. The largest absolute Gasteiger partial charge is 0.388 e. The van der Waals surface area contributed by atoms with Crippen LogP contribution in [0.25, 0.3) is 0 Å². The van der Waals surface area contributed by atoms with Crippen molar-refractivity contribution in [1.29, 1.82) is 5.26 Å². The summed E-state index contributed by atoms with van der Waals surface area (Å²) in [6.45, 7) is 2.46. The molecule has 1 saturated heterocycles. The molecule has 0 aromatic heterocycles. The molecule has 1 fully saturated rings. The highest BCUT2D eigenvalue weighted by atomic mass is 16.6. The third kappa shape index (κ3) is 4.87. The first kappa shape index (κ1) is 14.7. The molecule has 0 radical (unpaired) electrons. The van der Waals surface area contributed by atoms with Gasteiger partial charge < -0.3 is 16.0 Å². The summed E-state index contributed by atoms with van der Waals surface area (Å²) in [7, 11) is 1.62. The van der Waals surface area contributed by atoms with E-state index in [4.69, 9.17) is 15.8 Å². The van der Waals surface area contributed by atoms with Crippen LogP contribution < -0.4 is 16.6 Å². The predicted molar refractivity (Wildman–Crippen MR) is 69.4 cm³/mol. The molecule has 7 heteroatoms. The Hall–Kier alpha value is -1.36. The van der Waals surface area contributed by atoms with Crippen LogP contribution in [0.5, 0.6) is 0 Å². The van der Waals surface area contributed by atoms with Crippen LogP contribution >= 0.6 is 0 Å². The van der Waals surface area contributed by atoms with Crippen LogP contribution in [-0.2, 0) is 4.84 Å². The highest BCUT2D eigenvalue weighted by molar-refractivity contribution is 5.50. The lowest BCUT2D eigenvalue weighted by molar-refractivity contribution is 0.0234. The van der Waals surface area contributed by atoms with Crippen molar-refractivity contribution in [3.05, 3.63) is 0 Å². The van der Waals surface area contributed by atoms with Gasteiger partial charge in [0.05, 0.1) is 19.2 Å². The Morgan fingerprint density at radius 2 is 2.44 bits per heavy atom. The van der Waals surface area contributed by atoms with Crippen LogP contribution in [0, 0.1) is 11.3 Å². The quantitative estimate of drug-likeness (QED) is 0.242. The average molecular weight is 254 g/mol. The van der Waals surface area contributed by atoms with E-state index in [9.17, 15) is 0 Å². The summed E-state index contributed by atoms with van der Waals surface area (Å²) < 4.78 is 0. The molecule has 0 saturated carbocycles. The Morgan fingerprint density at radius 3 is 3.11 bits per heavy atom. The van der Waals surface area contributed by atoms with E-state index in [1.165, 1.54) is 6.34 Å². The van der Waals surface area contributed by atoms with Crippen molar-refractivity contribution >= 4 is 6.34 Å². The molecule has 1 aliphatic heterocycles. The number of rotatable bonds is 7. The van der Waals surface area contributed by atoms with Crippen LogP contribution in [0.2, 0.25) is 0 Å². The van der Waals surface area contributed by atoms with Crippen molar-refractivity contribution in [2.24, 2.45) is 10.8 Å². The van der Waals surface area contributed by atoms with E-state index in [0.29, 0.717) is 6.04 Å². The zero-order valence-electron chi connectivity index (χ0n) is 10.8. The van der Waals surface area contributed by atoms with Crippen molar-refractivity contribution in [3.63, 3.8) is 0 Å². The third-order valence-electron chi connectivity index (χ3n) is 3.02. The lowest BCUT2D eigenvalue weighted by atomic mass is 9.99. The minimum Gasteiger partial charge on any atom is -0.388 e. The molecule has 0 spiro atoms. The van der Waals surface area contributed by atoms with Gasteiger partial charge in [0.25, 0.3) is 0 Å². The van der Waals surface area contributed by atoms with E-state index in [-0.39, 0.29) is 6.04 Å². The summed E-state index contributed by atoms with van der Waals surface area (Å²) in [5.74, 6) is 0. The molecule has 0 aromatic rings. The Bertz CT molecular complexity index is 290. The lowest BCUT2D eigenvalue weighted by Gasteiger charge is -2.36. The number of nitriles is 1. The first-order chi connectivity index (χ1) is 8.81. The summed E-state index contributed by atoms with van der Waals surface area (Å²) in [6, 6.07) is 2.67. The standard InChI is InChI=1S/C11H22N6O/c1-18-16-10-3-4-11(7-12)17(8-10)6-2-5-14-15-9-13/h9-11,14,16H,2-6,8H2,1H3,(H2,13,15). The SMILES string of the molecule is CONC1CCC(C#N)N(CCCN/N=C\N)C1. The topological polar surface area (TPSA) is 98.7 Å². The molecule has 0 aromatic carbocycles. The molecule has 4 N–H and O–H groups in total. The fourth-order valence-electron chi connectivity index (χ4n) is 2.18. The van der Waals surface area contributed by atoms with Gasteiger partial charge >= 0.3 is 0 Å². The van der Waals surface area contributed by atoms with Crippen molar-refractivity contribution in [2.45, 2.75) is 31.3 Å². The van der Waals surface area contributed by atoms with E-state index in [0.717, 1.165) is 38.9 Å². The minimum atomic E-state index is 0.0120. The van der Waals surface area contributed by atoms with Gasteiger partial charge in [-0.2, -0.15) is 15.8 Å². The molecule has 1 heterocycles. The monoisotopic (exact) mass is 254 g/mol. The smallest absolute Gasteiger partial charge is 0.106 e. The van der Waals surface area contributed by atoms with Crippen molar-refractivity contribution in [3.8, 4) is 6.07 Å². The number of nitrogens with one attached hydrogen (secondary N) is 2. The fourth-order valence-corrected chi connectivity index (χ4v) is 2.18. The predicted octanol–water partition coefficient (Wildman–Crippen LogP) is -0.624. The molecule has 0 bridgehead atoms. The zero-order chi connectivity index (χ0) is 13.2.